The number of hydrogen-bond acceptors (Lipinski definition) is 1. The Morgan fingerprint density at radius 2 is 1.56 bits per heavy atom. The normalized spacial score (nSPS) is 15.6. The first-order chi connectivity index (χ1) is 8.38. The van der Waals surface area contributed by atoms with E-state index in [1.54, 1.807) is 12.1 Å². The summed E-state index contributed by atoms with van der Waals surface area (Å²) in [6.07, 6.45) is -4.34. The summed E-state index contributed by atoms with van der Waals surface area (Å²) >= 11 is 0. The fraction of sp³-hybridized carbons (Fsp3) is 0.286. The van der Waals surface area contributed by atoms with Crippen LogP contribution in [0, 0.1) is 0 Å². The van der Waals surface area contributed by atoms with Crippen LogP contribution in [0.5, 0.6) is 0 Å². The van der Waals surface area contributed by atoms with Crippen LogP contribution in [0.25, 0.3) is 10.8 Å². The van der Waals surface area contributed by atoms with Crippen LogP contribution < -0.4 is 5.32 Å². The van der Waals surface area contributed by atoms with Crippen molar-refractivity contribution >= 4 is 10.8 Å². The number of hydrogen-bond donors (Lipinski definition) is 1. The number of benzene rings is 2. The van der Waals surface area contributed by atoms with Crippen LogP contribution in [0.1, 0.15) is 12.5 Å². The molecule has 96 valence electrons. The van der Waals surface area contributed by atoms with Gasteiger partial charge < -0.3 is 5.32 Å². The molecule has 4 heteroatoms. The number of halogens is 3. The van der Waals surface area contributed by atoms with Gasteiger partial charge in [0.15, 0.2) is 0 Å². The molecule has 0 aromatic heterocycles. The number of fused-ring (bicyclic) bond motifs is 1. The largest absolute Gasteiger partial charge is 0.410 e. The van der Waals surface area contributed by atoms with Gasteiger partial charge in [-0.15, -0.1) is 0 Å². The summed E-state index contributed by atoms with van der Waals surface area (Å²) in [4.78, 5) is 0. The second-order valence-corrected chi connectivity index (χ2v) is 4.43. The first kappa shape index (κ1) is 12.9. The van der Waals surface area contributed by atoms with E-state index in [0.717, 1.165) is 17.7 Å². The van der Waals surface area contributed by atoms with Crippen LogP contribution in [-0.4, -0.2) is 13.2 Å². The van der Waals surface area contributed by atoms with E-state index in [1.807, 2.05) is 24.3 Å². The molecular formula is C14H14F3N. The molecular weight excluding hydrogens is 239 g/mol. The molecule has 0 saturated heterocycles. The van der Waals surface area contributed by atoms with Gasteiger partial charge in [-0.2, -0.15) is 13.2 Å². The summed E-state index contributed by atoms with van der Waals surface area (Å²) in [5, 5.41) is 4.11. The third-order valence-electron chi connectivity index (χ3n) is 3.39. The Morgan fingerprint density at radius 3 is 2.11 bits per heavy atom. The lowest BCUT2D eigenvalue weighted by Gasteiger charge is -2.32. The molecule has 1 atom stereocenters. The Morgan fingerprint density at radius 1 is 0.944 bits per heavy atom. The van der Waals surface area contributed by atoms with E-state index in [4.69, 9.17) is 0 Å². The second kappa shape index (κ2) is 4.28. The molecule has 2 aromatic carbocycles. The molecule has 1 nitrogen and oxygen atoms in total. The molecule has 0 aliphatic heterocycles. The average Bonchev–Trinajstić information content (AvgIpc) is 2.35. The molecule has 0 saturated carbocycles. The van der Waals surface area contributed by atoms with Crippen molar-refractivity contribution < 1.29 is 13.2 Å². The highest BCUT2D eigenvalue weighted by Gasteiger charge is 2.51. The van der Waals surface area contributed by atoms with E-state index in [9.17, 15) is 13.2 Å². The second-order valence-electron chi connectivity index (χ2n) is 4.43. The van der Waals surface area contributed by atoms with Crippen molar-refractivity contribution in [3.63, 3.8) is 0 Å². The van der Waals surface area contributed by atoms with Gasteiger partial charge in [-0.3, -0.25) is 0 Å². The summed E-state index contributed by atoms with van der Waals surface area (Å²) in [6.45, 7) is 1.15. The van der Waals surface area contributed by atoms with Crippen LogP contribution in [0.2, 0.25) is 0 Å². The van der Waals surface area contributed by atoms with Crippen molar-refractivity contribution in [3.05, 3.63) is 48.0 Å². The average molecular weight is 253 g/mol. The predicted molar refractivity (Wildman–Crippen MR) is 66.4 cm³/mol. The number of alkyl halides is 3. The van der Waals surface area contributed by atoms with Crippen LogP contribution in [0.3, 0.4) is 0 Å². The quantitative estimate of drug-likeness (QED) is 0.857. The smallest absolute Gasteiger partial charge is 0.303 e. The number of rotatable bonds is 2. The molecule has 0 heterocycles. The maximum atomic E-state index is 13.1. The van der Waals surface area contributed by atoms with Crippen molar-refractivity contribution in [1.82, 2.24) is 5.32 Å². The highest BCUT2D eigenvalue weighted by atomic mass is 19.4. The van der Waals surface area contributed by atoms with Gasteiger partial charge in [0.05, 0.1) is 0 Å². The molecule has 2 rings (SSSR count). The Balaban J connectivity index is 2.59. The topological polar surface area (TPSA) is 12.0 Å². The predicted octanol–water partition coefficient (Wildman–Crippen LogP) is 3.84. The third-order valence-corrected chi connectivity index (χ3v) is 3.39. The van der Waals surface area contributed by atoms with E-state index in [-0.39, 0.29) is 5.56 Å². The maximum absolute atomic E-state index is 13.1. The van der Waals surface area contributed by atoms with Crippen LogP contribution in [0.15, 0.2) is 42.5 Å². The fourth-order valence-electron chi connectivity index (χ4n) is 1.95. The molecule has 18 heavy (non-hydrogen) atoms. The lowest BCUT2D eigenvalue weighted by molar-refractivity contribution is -0.193. The van der Waals surface area contributed by atoms with Crippen molar-refractivity contribution in [3.8, 4) is 0 Å². The van der Waals surface area contributed by atoms with Gasteiger partial charge in [0.2, 0.25) is 0 Å². The first-order valence-electron chi connectivity index (χ1n) is 5.63. The maximum Gasteiger partial charge on any atom is 0.410 e. The van der Waals surface area contributed by atoms with Crippen LogP contribution in [-0.2, 0) is 5.54 Å². The monoisotopic (exact) mass is 253 g/mol. The summed E-state index contributed by atoms with van der Waals surface area (Å²) in [5.41, 5.74) is -1.81. The van der Waals surface area contributed by atoms with Gasteiger partial charge >= 0.3 is 6.18 Å². The Labute approximate surface area is 104 Å². The van der Waals surface area contributed by atoms with Gasteiger partial charge in [0, 0.05) is 0 Å². The zero-order valence-corrected chi connectivity index (χ0v) is 10.2. The van der Waals surface area contributed by atoms with Gasteiger partial charge in [0.25, 0.3) is 0 Å². The molecule has 0 aliphatic rings. The summed E-state index contributed by atoms with van der Waals surface area (Å²) < 4.78 is 39.4. The van der Waals surface area contributed by atoms with Crippen LogP contribution >= 0.6 is 0 Å². The third kappa shape index (κ3) is 1.97. The first-order valence-corrected chi connectivity index (χ1v) is 5.63. The van der Waals surface area contributed by atoms with Crippen molar-refractivity contribution in [2.75, 3.05) is 7.05 Å². The molecule has 0 spiro atoms. The van der Waals surface area contributed by atoms with Gasteiger partial charge in [-0.25, -0.2) is 0 Å². The lowest BCUT2D eigenvalue weighted by Crippen LogP contribution is -2.49. The van der Waals surface area contributed by atoms with Gasteiger partial charge in [-0.05, 0) is 36.4 Å². The van der Waals surface area contributed by atoms with Crippen molar-refractivity contribution in [2.45, 2.75) is 18.6 Å². The molecule has 0 aliphatic carbocycles. The molecule has 0 amide bonds. The summed E-state index contributed by atoms with van der Waals surface area (Å²) in [7, 11) is 1.32. The molecule has 2 aromatic rings. The molecule has 0 radical (unpaired) electrons. The van der Waals surface area contributed by atoms with E-state index < -0.39 is 11.7 Å². The lowest BCUT2D eigenvalue weighted by atomic mass is 9.90. The van der Waals surface area contributed by atoms with E-state index >= 15 is 0 Å². The molecule has 0 fully saturated rings. The highest BCUT2D eigenvalue weighted by Crippen LogP contribution is 2.39. The zero-order valence-electron chi connectivity index (χ0n) is 10.2. The van der Waals surface area contributed by atoms with Gasteiger partial charge in [-0.1, -0.05) is 36.4 Å². The summed E-state index contributed by atoms with van der Waals surface area (Å²) in [5.74, 6) is 0. The van der Waals surface area contributed by atoms with Crippen molar-refractivity contribution in [1.29, 1.82) is 0 Å². The minimum atomic E-state index is -4.34. The van der Waals surface area contributed by atoms with Crippen LogP contribution in [0.4, 0.5) is 13.2 Å². The highest BCUT2D eigenvalue weighted by molar-refractivity contribution is 5.83. The SMILES string of the molecule is CNC(C)(c1ccc2ccccc2c1)C(F)(F)F. The van der Waals surface area contributed by atoms with Gasteiger partial charge in [0.1, 0.15) is 5.54 Å². The Kier molecular flexibility index (Phi) is 3.07. The zero-order chi connectivity index (χ0) is 13.4. The Hall–Kier alpha value is -1.55. The number of nitrogens with one attached hydrogen (secondary N) is 1. The fourth-order valence-corrected chi connectivity index (χ4v) is 1.95. The van der Waals surface area contributed by atoms with E-state index in [1.165, 1.54) is 13.1 Å². The minimum Gasteiger partial charge on any atom is -0.303 e. The summed E-state index contributed by atoms with van der Waals surface area (Å²) in [6, 6.07) is 12.2. The van der Waals surface area contributed by atoms with E-state index in [0.29, 0.717) is 0 Å². The van der Waals surface area contributed by atoms with Crippen molar-refractivity contribution in [2.24, 2.45) is 0 Å². The van der Waals surface area contributed by atoms with E-state index in [2.05, 4.69) is 5.32 Å². The standard InChI is InChI=1S/C14H14F3N/c1-13(18-2,14(15,16)17)12-8-7-10-5-3-4-6-11(10)9-12/h3-9,18H,1-2H3. The molecule has 1 unspecified atom stereocenters. The minimum absolute atomic E-state index is 0.219. The molecule has 1 N–H and O–H groups in total. The molecule has 0 bridgehead atoms. The Bertz CT molecular complexity index is 562.